The number of rotatable bonds is 10. The van der Waals surface area contributed by atoms with Crippen molar-refractivity contribution in [3.8, 4) is 0 Å². The summed E-state index contributed by atoms with van der Waals surface area (Å²) < 4.78 is 0. The molecular weight excluding hydrogens is 268 g/mol. The van der Waals surface area contributed by atoms with Crippen LogP contribution in [0, 0.1) is 5.92 Å². The first-order chi connectivity index (χ1) is 10.8. The molecule has 0 bridgehead atoms. The van der Waals surface area contributed by atoms with Gasteiger partial charge < -0.3 is 5.11 Å². The maximum Gasteiger partial charge on any atom is 0.0459 e. The molecule has 1 saturated carbocycles. The molecule has 0 saturated heterocycles. The minimum atomic E-state index is 0.368. The molecule has 0 aromatic heterocycles. The van der Waals surface area contributed by atoms with Gasteiger partial charge >= 0.3 is 0 Å². The molecule has 1 heteroatoms. The first-order valence-electron chi connectivity index (χ1n) is 9.53. The first kappa shape index (κ1) is 17.5. The lowest BCUT2D eigenvalue weighted by Gasteiger charge is -2.11. The Labute approximate surface area is 137 Å². The molecule has 1 aromatic rings. The lowest BCUT2D eigenvalue weighted by atomic mass is 9.94. The van der Waals surface area contributed by atoms with Crippen LogP contribution in [0.1, 0.15) is 88.2 Å². The molecular formula is C21H34O. The van der Waals surface area contributed by atoms with Gasteiger partial charge in [-0.3, -0.25) is 0 Å². The Hall–Kier alpha value is -0.820. The fraction of sp³-hybridized carbons (Fsp3) is 0.714. The van der Waals surface area contributed by atoms with Gasteiger partial charge in [-0.05, 0) is 55.1 Å². The molecule has 1 nitrogen and oxygen atoms in total. The molecule has 1 aliphatic rings. The molecule has 124 valence electrons. The standard InChI is InChI=1S/C21H34O/c1-2-3-4-5-6-7-8-9-18-10-13-20(14-11-18)21-15-12-19(16-21)17-22/h10-11,13-14,19,21-22H,2-9,12,15-17H2,1H3/t19?,21-/m0/s1. The second kappa shape index (κ2) is 10.0. The molecule has 1 aliphatic carbocycles. The summed E-state index contributed by atoms with van der Waals surface area (Å²) in [7, 11) is 0. The van der Waals surface area contributed by atoms with Crippen molar-refractivity contribution in [1.82, 2.24) is 0 Å². The van der Waals surface area contributed by atoms with Crippen molar-refractivity contribution in [1.29, 1.82) is 0 Å². The van der Waals surface area contributed by atoms with Gasteiger partial charge in [0.1, 0.15) is 0 Å². The van der Waals surface area contributed by atoms with Gasteiger partial charge in [0.25, 0.3) is 0 Å². The van der Waals surface area contributed by atoms with Crippen molar-refractivity contribution in [2.75, 3.05) is 6.61 Å². The maximum atomic E-state index is 9.26. The van der Waals surface area contributed by atoms with Crippen LogP contribution in [0.15, 0.2) is 24.3 Å². The third-order valence-electron chi connectivity index (χ3n) is 5.32. The van der Waals surface area contributed by atoms with E-state index >= 15 is 0 Å². The molecule has 0 radical (unpaired) electrons. The lowest BCUT2D eigenvalue weighted by Crippen LogP contribution is -2.00. The van der Waals surface area contributed by atoms with Gasteiger partial charge in [0, 0.05) is 6.61 Å². The van der Waals surface area contributed by atoms with Crippen molar-refractivity contribution < 1.29 is 5.11 Å². The minimum absolute atomic E-state index is 0.368. The van der Waals surface area contributed by atoms with Gasteiger partial charge in [0.2, 0.25) is 0 Å². The van der Waals surface area contributed by atoms with E-state index in [9.17, 15) is 5.11 Å². The molecule has 1 fully saturated rings. The topological polar surface area (TPSA) is 20.2 Å². The van der Waals surface area contributed by atoms with E-state index in [-0.39, 0.29) is 0 Å². The molecule has 1 unspecified atom stereocenters. The summed E-state index contributed by atoms with van der Waals surface area (Å²) in [6.45, 7) is 2.64. The van der Waals surface area contributed by atoms with Crippen LogP contribution >= 0.6 is 0 Å². The Kier molecular flexibility index (Phi) is 8.01. The van der Waals surface area contributed by atoms with Crippen molar-refractivity contribution in [2.24, 2.45) is 5.92 Å². The normalized spacial score (nSPS) is 21.4. The molecule has 0 heterocycles. The average molecular weight is 303 g/mol. The number of aliphatic hydroxyl groups is 1. The Morgan fingerprint density at radius 3 is 2.23 bits per heavy atom. The Morgan fingerprint density at radius 2 is 1.59 bits per heavy atom. The summed E-state index contributed by atoms with van der Waals surface area (Å²) >= 11 is 0. The zero-order valence-corrected chi connectivity index (χ0v) is 14.4. The summed E-state index contributed by atoms with van der Waals surface area (Å²) in [5.74, 6) is 1.22. The van der Waals surface area contributed by atoms with Crippen LogP contribution < -0.4 is 0 Å². The number of aryl methyl sites for hydroxylation is 1. The molecule has 1 aromatic carbocycles. The molecule has 2 atom stereocenters. The quantitative estimate of drug-likeness (QED) is 0.537. The minimum Gasteiger partial charge on any atom is -0.396 e. The van der Waals surface area contributed by atoms with Gasteiger partial charge in [0.15, 0.2) is 0 Å². The second-order valence-electron chi connectivity index (χ2n) is 7.17. The summed E-state index contributed by atoms with van der Waals surface area (Å²) in [6, 6.07) is 9.33. The third-order valence-corrected chi connectivity index (χ3v) is 5.32. The van der Waals surface area contributed by atoms with Gasteiger partial charge in [-0.25, -0.2) is 0 Å². The van der Waals surface area contributed by atoms with E-state index in [1.165, 1.54) is 81.8 Å². The van der Waals surface area contributed by atoms with Crippen LogP contribution in [0.2, 0.25) is 0 Å². The van der Waals surface area contributed by atoms with E-state index in [0.29, 0.717) is 18.4 Å². The fourth-order valence-corrected chi connectivity index (χ4v) is 3.79. The molecule has 1 N–H and O–H groups in total. The SMILES string of the molecule is CCCCCCCCCc1ccc([C@H]2CCC(CO)C2)cc1. The summed E-state index contributed by atoms with van der Waals surface area (Å²) in [4.78, 5) is 0. The van der Waals surface area contributed by atoms with E-state index in [0.717, 1.165) is 0 Å². The summed E-state index contributed by atoms with van der Waals surface area (Å²) in [6.07, 6.45) is 14.6. The zero-order valence-electron chi connectivity index (χ0n) is 14.4. The Balaban J connectivity index is 1.64. The molecule has 22 heavy (non-hydrogen) atoms. The van der Waals surface area contributed by atoms with E-state index in [4.69, 9.17) is 0 Å². The number of benzene rings is 1. The maximum absolute atomic E-state index is 9.26. The van der Waals surface area contributed by atoms with E-state index < -0.39 is 0 Å². The molecule has 0 aliphatic heterocycles. The number of hydrogen-bond acceptors (Lipinski definition) is 1. The van der Waals surface area contributed by atoms with Gasteiger partial charge in [-0.2, -0.15) is 0 Å². The lowest BCUT2D eigenvalue weighted by molar-refractivity contribution is 0.229. The highest BCUT2D eigenvalue weighted by Gasteiger charge is 2.24. The van der Waals surface area contributed by atoms with Crippen molar-refractivity contribution >= 4 is 0 Å². The third kappa shape index (κ3) is 5.76. The first-order valence-corrected chi connectivity index (χ1v) is 9.53. The summed E-state index contributed by atoms with van der Waals surface area (Å²) in [5.41, 5.74) is 2.98. The van der Waals surface area contributed by atoms with Gasteiger partial charge in [-0.1, -0.05) is 69.7 Å². The highest BCUT2D eigenvalue weighted by atomic mass is 16.3. The number of unbranched alkanes of at least 4 members (excludes halogenated alkanes) is 6. The largest absolute Gasteiger partial charge is 0.396 e. The van der Waals surface area contributed by atoms with Crippen LogP contribution in [-0.2, 0) is 6.42 Å². The molecule has 0 spiro atoms. The van der Waals surface area contributed by atoms with Crippen molar-refractivity contribution in [3.05, 3.63) is 35.4 Å². The number of aliphatic hydroxyl groups excluding tert-OH is 1. The highest BCUT2D eigenvalue weighted by molar-refractivity contribution is 5.26. The van der Waals surface area contributed by atoms with Crippen molar-refractivity contribution in [3.63, 3.8) is 0 Å². The Morgan fingerprint density at radius 1 is 0.909 bits per heavy atom. The van der Waals surface area contributed by atoms with Gasteiger partial charge in [0.05, 0.1) is 0 Å². The molecule has 2 rings (SSSR count). The van der Waals surface area contributed by atoms with Crippen LogP contribution in [-0.4, -0.2) is 11.7 Å². The highest BCUT2D eigenvalue weighted by Crippen LogP contribution is 2.37. The van der Waals surface area contributed by atoms with Gasteiger partial charge in [-0.15, -0.1) is 0 Å². The second-order valence-corrected chi connectivity index (χ2v) is 7.17. The van der Waals surface area contributed by atoms with E-state index in [2.05, 4.69) is 31.2 Å². The van der Waals surface area contributed by atoms with Crippen LogP contribution in [0.25, 0.3) is 0 Å². The van der Waals surface area contributed by atoms with Crippen LogP contribution in [0.5, 0.6) is 0 Å². The monoisotopic (exact) mass is 302 g/mol. The molecule has 0 amide bonds. The zero-order chi connectivity index (χ0) is 15.6. The van der Waals surface area contributed by atoms with Crippen LogP contribution in [0.3, 0.4) is 0 Å². The smallest absolute Gasteiger partial charge is 0.0459 e. The fourth-order valence-electron chi connectivity index (χ4n) is 3.79. The Bertz CT molecular complexity index is 395. The van der Waals surface area contributed by atoms with Crippen LogP contribution in [0.4, 0.5) is 0 Å². The predicted molar refractivity (Wildman–Crippen MR) is 95.3 cm³/mol. The van der Waals surface area contributed by atoms with E-state index in [1.54, 1.807) is 0 Å². The van der Waals surface area contributed by atoms with E-state index in [1.807, 2.05) is 0 Å². The number of hydrogen-bond donors (Lipinski definition) is 1. The summed E-state index contributed by atoms with van der Waals surface area (Å²) in [5, 5.41) is 9.26. The average Bonchev–Trinajstić information content (AvgIpc) is 3.04. The van der Waals surface area contributed by atoms with Crippen molar-refractivity contribution in [2.45, 2.75) is 83.5 Å². The predicted octanol–water partition coefficient (Wildman–Crippen LogP) is 5.86.